The first-order valence-electron chi connectivity index (χ1n) is 9.57. The van der Waals surface area contributed by atoms with E-state index in [4.69, 9.17) is 21.1 Å². The largest absolute Gasteiger partial charge is 0.493 e. The normalized spacial score (nSPS) is 14.4. The second-order valence-corrected chi connectivity index (χ2v) is 8.09. The van der Waals surface area contributed by atoms with Crippen molar-refractivity contribution in [3.8, 4) is 22.8 Å². The molecule has 0 amide bonds. The molecule has 4 rings (SSSR count). The van der Waals surface area contributed by atoms with Gasteiger partial charge < -0.3 is 9.47 Å². The number of nitrogens with zero attached hydrogens (tertiary/aromatic N) is 2. The Kier molecular flexibility index (Phi) is 6.32. The lowest BCUT2D eigenvalue weighted by atomic mass is 10.2. The van der Waals surface area contributed by atoms with Gasteiger partial charge in [0.2, 0.25) is 5.13 Å². The maximum atomic E-state index is 6.44. The van der Waals surface area contributed by atoms with Gasteiger partial charge in [0.25, 0.3) is 0 Å². The predicted octanol–water partition coefficient (Wildman–Crippen LogP) is 6.24. The fraction of sp³-hybridized carbons (Fsp3) is 0.273. The first-order valence-corrected chi connectivity index (χ1v) is 10.8. The Hall–Kier alpha value is -2.57. The highest BCUT2D eigenvalue weighted by atomic mass is 35.5. The monoisotopic (exact) mass is 427 g/mol. The number of hydrogen-bond acceptors (Lipinski definition) is 6. The number of nitrogens with one attached hydrogen (secondary N) is 1. The van der Waals surface area contributed by atoms with Gasteiger partial charge in [-0.05, 0) is 31.7 Å². The van der Waals surface area contributed by atoms with Gasteiger partial charge in [0.15, 0.2) is 11.5 Å². The van der Waals surface area contributed by atoms with Gasteiger partial charge in [-0.15, -0.1) is 11.3 Å². The van der Waals surface area contributed by atoms with Crippen LogP contribution in [0.3, 0.4) is 0 Å². The lowest BCUT2D eigenvalue weighted by Gasteiger charge is -2.16. The summed E-state index contributed by atoms with van der Waals surface area (Å²) in [5, 5.41) is 7.55. The van der Waals surface area contributed by atoms with Crippen LogP contribution in [0.1, 0.15) is 31.2 Å². The van der Waals surface area contributed by atoms with E-state index in [1.54, 1.807) is 19.4 Å². The molecule has 0 unspecified atom stereocenters. The molecule has 5 nitrogen and oxygen atoms in total. The SMILES string of the molecule is COc1cc(C=NNc2nc(-c3ccccc3)cs2)c(Cl)cc1OC1CCCC1. The highest BCUT2D eigenvalue weighted by Crippen LogP contribution is 2.35. The average Bonchev–Trinajstić information content (AvgIpc) is 3.42. The minimum absolute atomic E-state index is 0.241. The predicted molar refractivity (Wildman–Crippen MR) is 120 cm³/mol. The summed E-state index contributed by atoms with van der Waals surface area (Å²) < 4.78 is 11.6. The fourth-order valence-electron chi connectivity index (χ4n) is 3.31. The van der Waals surface area contributed by atoms with E-state index in [-0.39, 0.29) is 6.10 Å². The number of rotatable bonds is 7. The summed E-state index contributed by atoms with van der Waals surface area (Å²) in [5.41, 5.74) is 5.71. The molecule has 1 saturated carbocycles. The molecule has 0 spiro atoms. The molecule has 1 aliphatic rings. The number of methoxy groups -OCH3 is 1. The first kappa shape index (κ1) is 19.7. The van der Waals surface area contributed by atoms with Crippen LogP contribution in [0.5, 0.6) is 11.5 Å². The van der Waals surface area contributed by atoms with Crippen LogP contribution in [-0.4, -0.2) is 24.4 Å². The van der Waals surface area contributed by atoms with E-state index in [9.17, 15) is 0 Å². The van der Waals surface area contributed by atoms with Gasteiger partial charge in [-0.25, -0.2) is 4.98 Å². The van der Waals surface area contributed by atoms with Crippen molar-refractivity contribution < 1.29 is 9.47 Å². The summed E-state index contributed by atoms with van der Waals surface area (Å²) in [5.74, 6) is 1.34. The van der Waals surface area contributed by atoms with E-state index in [2.05, 4.69) is 15.5 Å². The van der Waals surface area contributed by atoms with Gasteiger partial charge in [0, 0.05) is 22.6 Å². The Balaban J connectivity index is 1.44. The maximum absolute atomic E-state index is 6.44. The maximum Gasteiger partial charge on any atom is 0.203 e. The minimum atomic E-state index is 0.241. The van der Waals surface area contributed by atoms with E-state index >= 15 is 0 Å². The van der Waals surface area contributed by atoms with Crippen LogP contribution >= 0.6 is 22.9 Å². The Morgan fingerprint density at radius 3 is 2.72 bits per heavy atom. The van der Waals surface area contributed by atoms with Crippen molar-refractivity contribution in [2.75, 3.05) is 12.5 Å². The third-order valence-corrected chi connectivity index (χ3v) is 5.89. The molecular weight excluding hydrogens is 406 g/mol. The Labute approximate surface area is 179 Å². The van der Waals surface area contributed by atoms with E-state index in [1.807, 2.05) is 41.8 Å². The van der Waals surface area contributed by atoms with Gasteiger partial charge in [-0.2, -0.15) is 5.10 Å². The van der Waals surface area contributed by atoms with Crippen molar-refractivity contribution in [1.82, 2.24) is 4.98 Å². The van der Waals surface area contributed by atoms with Gasteiger partial charge in [-0.3, -0.25) is 5.43 Å². The van der Waals surface area contributed by atoms with Crippen LogP contribution in [-0.2, 0) is 0 Å². The number of anilines is 1. The number of hydrogen-bond donors (Lipinski definition) is 1. The Morgan fingerprint density at radius 2 is 1.97 bits per heavy atom. The van der Waals surface area contributed by atoms with E-state index in [1.165, 1.54) is 24.2 Å². The molecule has 1 aliphatic carbocycles. The second-order valence-electron chi connectivity index (χ2n) is 6.82. The zero-order valence-electron chi connectivity index (χ0n) is 16.1. The quantitative estimate of drug-likeness (QED) is 0.358. The van der Waals surface area contributed by atoms with Crippen molar-refractivity contribution in [2.45, 2.75) is 31.8 Å². The fourth-order valence-corrected chi connectivity index (χ4v) is 4.18. The topological polar surface area (TPSA) is 55.7 Å². The number of ether oxygens (including phenoxy) is 2. The summed E-state index contributed by atoms with van der Waals surface area (Å²) >= 11 is 7.94. The van der Waals surface area contributed by atoms with Crippen LogP contribution in [0.4, 0.5) is 5.13 Å². The molecule has 0 saturated heterocycles. The Bertz CT molecular complexity index is 985. The summed E-state index contributed by atoms with van der Waals surface area (Å²) in [6, 6.07) is 13.7. The molecular formula is C22H22ClN3O2S. The van der Waals surface area contributed by atoms with E-state index in [0.717, 1.165) is 29.7 Å². The van der Waals surface area contributed by atoms with Crippen LogP contribution in [0.2, 0.25) is 5.02 Å². The van der Waals surface area contributed by atoms with Gasteiger partial charge >= 0.3 is 0 Å². The summed E-state index contributed by atoms with van der Waals surface area (Å²) in [6.07, 6.45) is 6.47. The molecule has 3 aromatic rings. The second kappa shape index (κ2) is 9.29. The minimum Gasteiger partial charge on any atom is -0.493 e. The zero-order chi connectivity index (χ0) is 20.1. The number of hydrazone groups is 1. The molecule has 1 fully saturated rings. The van der Waals surface area contributed by atoms with Gasteiger partial charge in [-0.1, -0.05) is 41.9 Å². The van der Waals surface area contributed by atoms with Gasteiger partial charge in [0.1, 0.15) is 0 Å². The van der Waals surface area contributed by atoms with E-state index in [0.29, 0.717) is 21.7 Å². The lowest BCUT2D eigenvalue weighted by molar-refractivity contribution is 0.201. The molecule has 150 valence electrons. The number of aromatic nitrogens is 1. The van der Waals surface area contributed by atoms with Crippen LogP contribution in [0, 0.1) is 0 Å². The van der Waals surface area contributed by atoms with Crippen molar-refractivity contribution in [1.29, 1.82) is 0 Å². The van der Waals surface area contributed by atoms with E-state index < -0.39 is 0 Å². The smallest absolute Gasteiger partial charge is 0.203 e. The molecule has 0 atom stereocenters. The molecule has 0 bridgehead atoms. The molecule has 1 aromatic heterocycles. The molecule has 1 heterocycles. The standard InChI is InChI=1S/C22H22ClN3O2S/c1-27-20-11-16(18(23)12-21(20)28-17-9-5-6-10-17)13-24-26-22-25-19(14-29-22)15-7-3-2-4-8-15/h2-4,7-8,11-14,17H,5-6,9-10H2,1H3,(H,25,26). The summed E-state index contributed by atoms with van der Waals surface area (Å²) in [7, 11) is 1.63. The summed E-state index contributed by atoms with van der Waals surface area (Å²) in [6.45, 7) is 0. The molecule has 2 aromatic carbocycles. The molecule has 0 radical (unpaired) electrons. The van der Waals surface area contributed by atoms with Gasteiger partial charge in [0.05, 0.1) is 30.1 Å². The molecule has 7 heteroatoms. The van der Waals surface area contributed by atoms with Crippen molar-refractivity contribution in [3.05, 3.63) is 58.4 Å². The highest BCUT2D eigenvalue weighted by molar-refractivity contribution is 7.14. The van der Waals surface area contributed by atoms with Crippen molar-refractivity contribution >= 4 is 34.3 Å². The molecule has 1 N–H and O–H groups in total. The summed E-state index contributed by atoms with van der Waals surface area (Å²) in [4.78, 5) is 4.56. The third-order valence-electron chi connectivity index (χ3n) is 4.82. The van der Waals surface area contributed by atoms with Crippen LogP contribution < -0.4 is 14.9 Å². The number of thiazole rings is 1. The van der Waals surface area contributed by atoms with Crippen molar-refractivity contribution in [2.24, 2.45) is 5.10 Å². The molecule has 0 aliphatic heterocycles. The average molecular weight is 428 g/mol. The Morgan fingerprint density at radius 1 is 1.17 bits per heavy atom. The molecule has 29 heavy (non-hydrogen) atoms. The third kappa shape index (κ3) is 4.89. The van der Waals surface area contributed by atoms with Crippen molar-refractivity contribution in [3.63, 3.8) is 0 Å². The van der Waals surface area contributed by atoms with Crippen LogP contribution in [0.25, 0.3) is 11.3 Å². The van der Waals surface area contributed by atoms with Crippen LogP contribution in [0.15, 0.2) is 52.9 Å². The lowest BCUT2D eigenvalue weighted by Crippen LogP contribution is -2.11. The highest BCUT2D eigenvalue weighted by Gasteiger charge is 2.19. The number of benzene rings is 2. The first-order chi connectivity index (χ1) is 14.2. The number of halogens is 1. The zero-order valence-corrected chi connectivity index (χ0v) is 17.7.